The highest BCUT2D eigenvalue weighted by Crippen LogP contribution is 2.34. The van der Waals surface area contributed by atoms with E-state index < -0.39 is 0 Å². The smallest absolute Gasteiger partial charge is 0.139 e. The van der Waals surface area contributed by atoms with Crippen LogP contribution in [0.3, 0.4) is 0 Å². The van der Waals surface area contributed by atoms with Crippen molar-refractivity contribution < 1.29 is 4.74 Å². The number of nitrogens with one attached hydrogen (secondary N) is 1. The van der Waals surface area contributed by atoms with E-state index in [0.29, 0.717) is 18.2 Å². The maximum atomic E-state index is 6.24. The van der Waals surface area contributed by atoms with Crippen LogP contribution in [0.2, 0.25) is 5.02 Å². The molecule has 0 saturated carbocycles. The topological polar surface area (TPSA) is 21.3 Å². The van der Waals surface area contributed by atoms with E-state index in [2.05, 4.69) is 62.3 Å². The normalized spacial score (nSPS) is 10.6. The Balaban J connectivity index is 1.81. The molecule has 0 saturated heterocycles. The van der Waals surface area contributed by atoms with E-state index in [-0.39, 0.29) is 0 Å². The average Bonchev–Trinajstić information content (AvgIpc) is 2.61. The molecule has 0 heterocycles. The third kappa shape index (κ3) is 4.81. The minimum absolute atomic E-state index is 0.414. The van der Waals surface area contributed by atoms with Crippen LogP contribution in [-0.2, 0) is 13.2 Å². The lowest BCUT2D eigenvalue weighted by molar-refractivity contribution is 0.301. The van der Waals surface area contributed by atoms with E-state index in [1.54, 1.807) is 0 Å². The number of anilines is 1. The van der Waals surface area contributed by atoms with Crippen molar-refractivity contribution in [1.82, 2.24) is 0 Å². The van der Waals surface area contributed by atoms with Gasteiger partial charge in [0.2, 0.25) is 0 Å². The fourth-order valence-electron chi connectivity index (χ4n) is 2.63. The Labute approximate surface area is 175 Å². The van der Waals surface area contributed by atoms with Gasteiger partial charge in [-0.3, -0.25) is 0 Å². The Morgan fingerprint density at radius 3 is 2.46 bits per heavy atom. The van der Waals surface area contributed by atoms with Gasteiger partial charge in [0, 0.05) is 32.9 Å². The Hall–Kier alpha value is -1.49. The molecule has 2 nitrogen and oxygen atoms in total. The molecule has 0 spiro atoms. The summed E-state index contributed by atoms with van der Waals surface area (Å²) in [7, 11) is 0. The van der Waals surface area contributed by atoms with Gasteiger partial charge in [0.25, 0.3) is 0 Å². The van der Waals surface area contributed by atoms with Crippen molar-refractivity contribution in [3.05, 3.63) is 91.3 Å². The van der Waals surface area contributed by atoms with Gasteiger partial charge >= 0.3 is 0 Å². The van der Waals surface area contributed by atoms with Crippen molar-refractivity contribution in [1.29, 1.82) is 0 Å². The van der Waals surface area contributed by atoms with Crippen molar-refractivity contribution in [2.45, 2.75) is 20.1 Å². The maximum absolute atomic E-state index is 6.24. The highest BCUT2D eigenvalue weighted by molar-refractivity contribution is 9.11. The average molecular weight is 496 g/mol. The minimum atomic E-state index is 0.414. The van der Waals surface area contributed by atoms with Crippen molar-refractivity contribution in [3.63, 3.8) is 0 Å². The Morgan fingerprint density at radius 1 is 0.962 bits per heavy atom. The molecule has 5 heteroatoms. The molecular formula is C21H18Br2ClNO. The Morgan fingerprint density at radius 2 is 1.69 bits per heavy atom. The van der Waals surface area contributed by atoms with Crippen LogP contribution in [0.1, 0.15) is 16.7 Å². The zero-order valence-corrected chi connectivity index (χ0v) is 18.2. The summed E-state index contributed by atoms with van der Waals surface area (Å²) in [6, 6.07) is 20.0. The minimum Gasteiger partial charge on any atom is -0.487 e. The van der Waals surface area contributed by atoms with Crippen molar-refractivity contribution in [2.24, 2.45) is 0 Å². The van der Waals surface area contributed by atoms with Crippen molar-refractivity contribution >= 4 is 49.1 Å². The van der Waals surface area contributed by atoms with E-state index in [0.717, 1.165) is 31.5 Å². The highest BCUT2D eigenvalue weighted by Gasteiger charge is 2.12. The van der Waals surface area contributed by atoms with Crippen LogP contribution in [0.15, 0.2) is 69.6 Å². The van der Waals surface area contributed by atoms with Gasteiger partial charge < -0.3 is 10.1 Å². The van der Waals surface area contributed by atoms with Crippen LogP contribution < -0.4 is 10.1 Å². The molecular weight excluding hydrogens is 477 g/mol. The van der Waals surface area contributed by atoms with E-state index in [1.165, 1.54) is 5.56 Å². The predicted molar refractivity (Wildman–Crippen MR) is 116 cm³/mol. The standard InChI is InChI=1S/C21H18Br2ClNO/c1-14-6-2-5-9-20(14)25-12-16-10-17(22)11-18(23)21(16)26-13-15-7-3-4-8-19(15)24/h2-11,25H,12-13H2,1H3. The number of ether oxygens (including phenoxy) is 1. The number of rotatable bonds is 6. The molecule has 3 aromatic rings. The number of para-hydroxylation sites is 1. The molecule has 3 rings (SSSR count). The molecule has 3 aromatic carbocycles. The second-order valence-electron chi connectivity index (χ2n) is 5.92. The number of halogens is 3. The molecule has 0 atom stereocenters. The summed E-state index contributed by atoms with van der Waals surface area (Å²) in [5.74, 6) is 0.814. The Bertz CT molecular complexity index is 914. The quantitative estimate of drug-likeness (QED) is 0.386. The van der Waals surface area contributed by atoms with Crippen LogP contribution in [0.5, 0.6) is 5.75 Å². The third-order valence-electron chi connectivity index (χ3n) is 4.03. The Kier molecular flexibility index (Phi) is 6.63. The fourth-order valence-corrected chi connectivity index (χ4v) is 4.25. The summed E-state index contributed by atoms with van der Waals surface area (Å²) < 4.78 is 8.02. The molecule has 0 aromatic heterocycles. The molecule has 0 aliphatic heterocycles. The monoisotopic (exact) mass is 493 g/mol. The first-order valence-electron chi connectivity index (χ1n) is 8.18. The maximum Gasteiger partial charge on any atom is 0.139 e. The first-order valence-corrected chi connectivity index (χ1v) is 10.1. The highest BCUT2D eigenvalue weighted by atomic mass is 79.9. The van der Waals surface area contributed by atoms with Crippen LogP contribution in [0, 0.1) is 6.92 Å². The van der Waals surface area contributed by atoms with Crippen LogP contribution >= 0.6 is 43.5 Å². The van der Waals surface area contributed by atoms with Gasteiger partial charge in [-0.15, -0.1) is 0 Å². The van der Waals surface area contributed by atoms with Gasteiger partial charge in [-0.05, 0) is 52.7 Å². The first-order chi connectivity index (χ1) is 12.5. The predicted octanol–water partition coefficient (Wildman–Crippen LogP) is 7.36. The fraction of sp³-hybridized carbons (Fsp3) is 0.143. The van der Waals surface area contributed by atoms with Crippen molar-refractivity contribution in [2.75, 3.05) is 5.32 Å². The molecule has 0 aliphatic carbocycles. The third-order valence-corrected chi connectivity index (χ3v) is 5.45. The number of aryl methyl sites for hydroxylation is 1. The molecule has 26 heavy (non-hydrogen) atoms. The second kappa shape index (κ2) is 8.94. The number of hydrogen-bond acceptors (Lipinski definition) is 2. The van der Waals surface area contributed by atoms with Gasteiger partial charge in [-0.1, -0.05) is 63.9 Å². The summed E-state index contributed by atoms with van der Waals surface area (Å²) >= 11 is 13.4. The molecule has 0 bridgehead atoms. The SMILES string of the molecule is Cc1ccccc1NCc1cc(Br)cc(Br)c1OCc1ccccc1Cl. The zero-order valence-electron chi connectivity index (χ0n) is 14.2. The van der Waals surface area contributed by atoms with Gasteiger partial charge in [-0.25, -0.2) is 0 Å². The van der Waals surface area contributed by atoms with Crippen LogP contribution in [0.25, 0.3) is 0 Å². The summed E-state index contributed by atoms with van der Waals surface area (Å²) in [6.07, 6.45) is 0. The largest absolute Gasteiger partial charge is 0.487 e. The molecule has 1 N–H and O–H groups in total. The van der Waals surface area contributed by atoms with Crippen LogP contribution in [0.4, 0.5) is 5.69 Å². The first kappa shape index (κ1) is 19.3. The molecule has 134 valence electrons. The lowest BCUT2D eigenvalue weighted by Crippen LogP contribution is -2.05. The van der Waals surface area contributed by atoms with Gasteiger partial charge in [0.15, 0.2) is 0 Å². The lowest BCUT2D eigenvalue weighted by Gasteiger charge is -2.16. The summed E-state index contributed by atoms with van der Waals surface area (Å²) in [6.45, 7) is 3.16. The summed E-state index contributed by atoms with van der Waals surface area (Å²) in [5.41, 5.74) is 4.34. The second-order valence-corrected chi connectivity index (χ2v) is 8.10. The zero-order chi connectivity index (χ0) is 18.5. The lowest BCUT2D eigenvalue weighted by atomic mass is 10.1. The van der Waals surface area contributed by atoms with E-state index in [1.807, 2.05) is 42.5 Å². The molecule has 0 fully saturated rings. The number of hydrogen-bond donors (Lipinski definition) is 1. The molecule has 0 radical (unpaired) electrons. The van der Waals surface area contributed by atoms with E-state index in [9.17, 15) is 0 Å². The van der Waals surface area contributed by atoms with Crippen molar-refractivity contribution in [3.8, 4) is 5.75 Å². The molecule has 0 unspecified atom stereocenters. The van der Waals surface area contributed by atoms with Gasteiger partial charge in [0.05, 0.1) is 4.47 Å². The van der Waals surface area contributed by atoms with Crippen LogP contribution in [-0.4, -0.2) is 0 Å². The molecule has 0 amide bonds. The molecule has 0 aliphatic rings. The van der Waals surface area contributed by atoms with E-state index in [4.69, 9.17) is 16.3 Å². The van der Waals surface area contributed by atoms with Gasteiger partial charge in [0.1, 0.15) is 12.4 Å². The summed E-state index contributed by atoms with van der Waals surface area (Å²) in [4.78, 5) is 0. The summed E-state index contributed by atoms with van der Waals surface area (Å²) in [5, 5.41) is 4.19. The number of benzene rings is 3. The van der Waals surface area contributed by atoms with Gasteiger partial charge in [-0.2, -0.15) is 0 Å². The van der Waals surface area contributed by atoms with E-state index >= 15 is 0 Å².